The number of hydrogen-bond donors (Lipinski definition) is 0. The molecule has 1 heterocycles. The smallest absolute Gasteiger partial charge is 0.220 e. The van der Waals surface area contributed by atoms with Crippen LogP contribution in [-0.2, 0) is 4.79 Å². The van der Waals surface area contributed by atoms with Gasteiger partial charge in [-0.05, 0) is 12.8 Å². The minimum atomic E-state index is -0.155. The van der Waals surface area contributed by atoms with E-state index in [1.54, 1.807) is 4.90 Å². The predicted molar refractivity (Wildman–Crippen MR) is 41.8 cm³/mol. The van der Waals surface area contributed by atoms with E-state index >= 15 is 0 Å². The molecule has 0 aromatic rings. The van der Waals surface area contributed by atoms with Crippen LogP contribution in [0.1, 0.15) is 19.8 Å². The first-order chi connectivity index (χ1) is 4.75. The summed E-state index contributed by atoms with van der Waals surface area (Å²) in [6.45, 7) is 2.27. The van der Waals surface area contributed by atoms with Crippen LogP contribution in [0, 0.1) is 11.3 Å². The van der Waals surface area contributed by atoms with E-state index in [2.05, 4.69) is 6.07 Å². The van der Waals surface area contributed by atoms with Gasteiger partial charge < -0.3 is 4.90 Å². The van der Waals surface area contributed by atoms with Gasteiger partial charge in [0.2, 0.25) is 5.91 Å². The van der Waals surface area contributed by atoms with Crippen LogP contribution in [-0.4, -0.2) is 53.0 Å². The molecule has 0 aromatic heterocycles. The summed E-state index contributed by atoms with van der Waals surface area (Å²) in [4.78, 5) is 12.4. The third kappa shape index (κ3) is 2.48. The average Bonchev–Trinajstić information content (AvgIpc) is 2.33. The number of hydrogen-bond acceptors (Lipinski definition) is 2. The molecule has 1 aliphatic rings. The van der Waals surface area contributed by atoms with Crippen LogP contribution < -0.4 is 0 Å². The molecule has 0 N–H and O–H groups in total. The molecule has 11 heavy (non-hydrogen) atoms. The van der Waals surface area contributed by atoms with Crippen LogP contribution in [0.3, 0.4) is 0 Å². The minimum Gasteiger partial charge on any atom is -0.327 e. The molecule has 1 atom stereocenters. The second-order valence-electron chi connectivity index (χ2n) is 2.50. The zero-order valence-corrected chi connectivity index (χ0v) is 9.00. The molecular weight excluding hydrogens is 151 g/mol. The average molecular weight is 161 g/mol. The summed E-state index contributed by atoms with van der Waals surface area (Å²) < 4.78 is 0. The van der Waals surface area contributed by atoms with Gasteiger partial charge in [-0.15, -0.1) is 0 Å². The first kappa shape index (κ1) is 11.0. The van der Waals surface area contributed by atoms with Crippen molar-refractivity contribution in [3.63, 3.8) is 0 Å². The normalized spacial score (nSPS) is 22.2. The fourth-order valence-electron chi connectivity index (χ4n) is 1.28. The van der Waals surface area contributed by atoms with Crippen molar-refractivity contribution in [3.05, 3.63) is 0 Å². The Bertz CT molecular complexity index is 187. The first-order valence-electron chi connectivity index (χ1n) is 3.42. The van der Waals surface area contributed by atoms with Gasteiger partial charge in [0.05, 0.1) is 6.07 Å². The molecule has 1 unspecified atom stereocenters. The molecule has 55 valence electrons. The molecule has 1 amide bonds. The van der Waals surface area contributed by atoms with Gasteiger partial charge in [-0.2, -0.15) is 5.26 Å². The van der Waals surface area contributed by atoms with Crippen LogP contribution >= 0.6 is 0 Å². The first-order valence-corrected chi connectivity index (χ1v) is 3.42. The van der Waals surface area contributed by atoms with Gasteiger partial charge in [0.25, 0.3) is 0 Å². The minimum absolute atomic E-state index is 0. The van der Waals surface area contributed by atoms with Crippen molar-refractivity contribution in [1.82, 2.24) is 4.90 Å². The molecule has 1 saturated heterocycles. The van der Waals surface area contributed by atoms with Gasteiger partial charge in [0.15, 0.2) is 0 Å². The van der Waals surface area contributed by atoms with Crippen molar-refractivity contribution in [1.29, 1.82) is 5.26 Å². The Morgan fingerprint density at radius 1 is 1.73 bits per heavy atom. The topological polar surface area (TPSA) is 44.1 Å². The van der Waals surface area contributed by atoms with E-state index in [1.807, 2.05) is 0 Å². The van der Waals surface area contributed by atoms with E-state index in [0.717, 1.165) is 19.4 Å². The fourth-order valence-corrected chi connectivity index (χ4v) is 1.28. The largest absolute Gasteiger partial charge is 0.327 e. The van der Waals surface area contributed by atoms with Crippen LogP contribution in [0.2, 0.25) is 0 Å². The second-order valence-corrected chi connectivity index (χ2v) is 2.50. The van der Waals surface area contributed by atoms with Crippen molar-refractivity contribution in [3.8, 4) is 6.07 Å². The number of amides is 1. The van der Waals surface area contributed by atoms with Crippen molar-refractivity contribution in [2.45, 2.75) is 25.8 Å². The van der Waals surface area contributed by atoms with Crippen LogP contribution in [0.4, 0.5) is 0 Å². The Morgan fingerprint density at radius 3 is 2.73 bits per heavy atom. The van der Waals surface area contributed by atoms with E-state index < -0.39 is 0 Å². The third-order valence-electron chi connectivity index (χ3n) is 1.81. The molecule has 1 radical (unpaired) electrons. The number of carbonyl (C=O) groups excluding carboxylic acids is 1. The summed E-state index contributed by atoms with van der Waals surface area (Å²) in [5, 5.41) is 8.54. The van der Waals surface area contributed by atoms with E-state index in [0.29, 0.717) is 0 Å². The molecule has 1 rings (SSSR count). The van der Waals surface area contributed by atoms with Crippen LogP contribution in [0.5, 0.6) is 0 Å². The van der Waals surface area contributed by atoms with Crippen molar-refractivity contribution in [2.24, 2.45) is 0 Å². The maximum Gasteiger partial charge on any atom is 0.220 e. The zero-order chi connectivity index (χ0) is 7.56. The monoisotopic (exact) mass is 161 g/mol. The summed E-state index contributed by atoms with van der Waals surface area (Å²) in [6.07, 6.45) is 1.81. The van der Waals surface area contributed by atoms with Crippen molar-refractivity contribution in [2.75, 3.05) is 6.54 Å². The number of nitrogens with zero attached hydrogens (tertiary/aromatic N) is 2. The second kappa shape index (κ2) is 4.76. The molecule has 3 nitrogen and oxygen atoms in total. The summed E-state index contributed by atoms with van der Waals surface area (Å²) in [6, 6.07) is 1.95. The Morgan fingerprint density at radius 2 is 2.36 bits per heavy atom. The van der Waals surface area contributed by atoms with Gasteiger partial charge in [0.1, 0.15) is 6.04 Å². The Labute approximate surface area is 88.7 Å². The number of nitriles is 1. The van der Waals surface area contributed by atoms with E-state index in [9.17, 15) is 4.79 Å². The van der Waals surface area contributed by atoms with Gasteiger partial charge >= 0.3 is 0 Å². The molecule has 0 spiro atoms. The zero-order valence-electron chi connectivity index (χ0n) is 7.00. The molecule has 0 aromatic carbocycles. The molecule has 0 saturated carbocycles. The predicted octanol–water partition coefficient (Wildman–Crippen LogP) is 0.140. The van der Waals surface area contributed by atoms with Gasteiger partial charge in [-0.1, -0.05) is 0 Å². The number of likely N-dealkylation sites (tertiary alicyclic amines) is 1. The summed E-state index contributed by atoms with van der Waals surface area (Å²) >= 11 is 0. The van der Waals surface area contributed by atoms with E-state index in [1.165, 1.54) is 6.92 Å². The van der Waals surface area contributed by atoms with Gasteiger partial charge in [-0.3, -0.25) is 4.79 Å². The molecular formula is C7H10N2NaO. The summed E-state index contributed by atoms with van der Waals surface area (Å²) in [7, 11) is 0. The maximum atomic E-state index is 10.8. The van der Waals surface area contributed by atoms with E-state index in [4.69, 9.17) is 5.26 Å². The Hall–Kier alpha value is -0.0400. The standard InChI is InChI=1S/C7H10N2O.Na/c1-6(10)9-4-2-3-7(9)5-8;/h7H,2-4H2,1H3;. The maximum absolute atomic E-state index is 10.8. The quantitative estimate of drug-likeness (QED) is 0.474. The molecule has 1 aliphatic heterocycles. The Kier molecular flexibility index (Phi) is 4.74. The van der Waals surface area contributed by atoms with E-state index in [-0.39, 0.29) is 41.5 Å². The molecule has 4 heteroatoms. The Balaban J connectivity index is 0.000001000. The molecule has 0 bridgehead atoms. The van der Waals surface area contributed by atoms with Crippen LogP contribution in [0.15, 0.2) is 0 Å². The van der Waals surface area contributed by atoms with Crippen molar-refractivity contribution < 1.29 is 4.79 Å². The summed E-state index contributed by atoms with van der Waals surface area (Å²) in [5.74, 6) is 0.0176. The molecule has 0 aliphatic carbocycles. The fraction of sp³-hybridized carbons (Fsp3) is 0.714. The SMILES string of the molecule is CC(=O)N1CCCC1C#N.[Na]. The number of rotatable bonds is 0. The number of carbonyl (C=O) groups is 1. The van der Waals surface area contributed by atoms with Gasteiger partial charge in [-0.25, -0.2) is 0 Å². The van der Waals surface area contributed by atoms with Gasteiger partial charge in [0, 0.05) is 43.0 Å². The van der Waals surface area contributed by atoms with Crippen LogP contribution in [0.25, 0.3) is 0 Å². The summed E-state index contributed by atoms with van der Waals surface area (Å²) in [5.41, 5.74) is 0. The third-order valence-corrected chi connectivity index (χ3v) is 1.81. The molecule has 1 fully saturated rings. The van der Waals surface area contributed by atoms with Crippen molar-refractivity contribution >= 4 is 35.5 Å².